The Kier molecular flexibility index (Phi) is 5.16. The van der Waals surface area contributed by atoms with Gasteiger partial charge in [0, 0.05) is 18.4 Å². The van der Waals surface area contributed by atoms with E-state index in [4.69, 9.17) is 0 Å². The summed E-state index contributed by atoms with van der Waals surface area (Å²) in [4.78, 5) is 12.0. The molecule has 0 aromatic heterocycles. The Morgan fingerprint density at radius 2 is 1.86 bits per heavy atom. The van der Waals surface area contributed by atoms with Gasteiger partial charge >= 0.3 is 0 Å². The van der Waals surface area contributed by atoms with Gasteiger partial charge in [-0.2, -0.15) is 0 Å². The standard InChI is InChI=1S/C12H23NO/c1-10(9-13-2)12(14)11-7-5-3-4-6-8-11/h10-11,13H,3-9H2,1-2H3. The van der Waals surface area contributed by atoms with E-state index < -0.39 is 0 Å². The van der Waals surface area contributed by atoms with Crippen molar-refractivity contribution < 1.29 is 4.79 Å². The lowest BCUT2D eigenvalue weighted by molar-refractivity contribution is -0.126. The summed E-state index contributed by atoms with van der Waals surface area (Å²) in [5, 5.41) is 3.08. The Labute approximate surface area is 87.5 Å². The Morgan fingerprint density at radius 1 is 1.29 bits per heavy atom. The molecule has 0 saturated heterocycles. The van der Waals surface area contributed by atoms with Gasteiger partial charge < -0.3 is 5.32 Å². The van der Waals surface area contributed by atoms with Crippen LogP contribution in [-0.2, 0) is 4.79 Å². The van der Waals surface area contributed by atoms with Crippen LogP contribution >= 0.6 is 0 Å². The second kappa shape index (κ2) is 6.18. The van der Waals surface area contributed by atoms with E-state index in [2.05, 4.69) is 5.32 Å². The number of carbonyl (C=O) groups is 1. The molecule has 1 atom stereocenters. The van der Waals surface area contributed by atoms with Gasteiger partial charge in [-0.15, -0.1) is 0 Å². The third-order valence-corrected chi connectivity index (χ3v) is 3.25. The maximum atomic E-state index is 12.0. The first-order valence-electron chi connectivity index (χ1n) is 5.94. The third-order valence-electron chi connectivity index (χ3n) is 3.25. The fraction of sp³-hybridized carbons (Fsp3) is 0.917. The van der Waals surface area contributed by atoms with Crippen LogP contribution in [0.4, 0.5) is 0 Å². The lowest BCUT2D eigenvalue weighted by Gasteiger charge is -2.17. The van der Waals surface area contributed by atoms with Gasteiger partial charge in [0.05, 0.1) is 0 Å². The minimum absolute atomic E-state index is 0.197. The van der Waals surface area contributed by atoms with Crippen LogP contribution in [0.3, 0.4) is 0 Å². The number of rotatable bonds is 4. The van der Waals surface area contributed by atoms with Crippen molar-refractivity contribution >= 4 is 5.78 Å². The SMILES string of the molecule is CNCC(C)C(=O)C1CCCCCC1. The summed E-state index contributed by atoms with van der Waals surface area (Å²) >= 11 is 0. The van der Waals surface area contributed by atoms with E-state index in [0.29, 0.717) is 11.7 Å². The van der Waals surface area contributed by atoms with Gasteiger partial charge in [-0.1, -0.05) is 32.6 Å². The predicted molar refractivity (Wildman–Crippen MR) is 59.3 cm³/mol. The number of Topliss-reactive ketones (excluding diaryl/α,β-unsaturated/α-hetero) is 1. The quantitative estimate of drug-likeness (QED) is 0.701. The van der Waals surface area contributed by atoms with E-state index in [1.807, 2.05) is 14.0 Å². The van der Waals surface area contributed by atoms with Gasteiger partial charge in [0.1, 0.15) is 5.78 Å². The lowest BCUT2D eigenvalue weighted by Crippen LogP contribution is -2.28. The van der Waals surface area contributed by atoms with Crippen molar-refractivity contribution in [1.29, 1.82) is 0 Å². The zero-order valence-electron chi connectivity index (χ0n) is 9.51. The van der Waals surface area contributed by atoms with Gasteiger partial charge in [0.25, 0.3) is 0 Å². The molecular formula is C12H23NO. The molecular weight excluding hydrogens is 174 g/mol. The molecule has 2 heteroatoms. The van der Waals surface area contributed by atoms with E-state index >= 15 is 0 Å². The summed E-state index contributed by atoms with van der Waals surface area (Å²) < 4.78 is 0. The first-order chi connectivity index (χ1) is 6.75. The van der Waals surface area contributed by atoms with Crippen molar-refractivity contribution in [2.24, 2.45) is 11.8 Å². The zero-order chi connectivity index (χ0) is 10.4. The molecule has 1 saturated carbocycles. The number of ketones is 1. The molecule has 0 spiro atoms. The van der Waals surface area contributed by atoms with E-state index in [9.17, 15) is 4.79 Å². The predicted octanol–water partition coefficient (Wildman–Crippen LogP) is 2.38. The number of carbonyl (C=O) groups excluding carboxylic acids is 1. The van der Waals surface area contributed by atoms with Gasteiger partial charge in [-0.3, -0.25) is 4.79 Å². The summed E-state index contributed by atoms with van der Waals surface area (Å²) in [6.07, 6.45) is 7.42. The van der Waals surface area contributed by atoms with Crippen LogP contribution in [0.15, 0.2) is 0 Å². The maximum absolute atomic E-state index is 12.0. The molecule has 1 unspecified atom stereocenters. The Hall–Kier alpha value is -0.370. The minimum atomic E-state index is 0.197. The molecule has 0 aliphatic heterocycles. The molecule has 0 heterocycles. The fourth-order valence-corrected chi connectivity index (χ4v) is 2.37. The van der Waals surface area contributed by atoms with E-state index in [-0.39, 0.29) is 5.92 Å². The van der Waals surface area contributed by atoms with Crippen LogP contribution in [0.5, 0.6) is 0 Å². The average Bonchev–Trinajstić information content (AvgIpc) is 2.45. The molecule has 0 radical (unpaired) electrons. The van der Waals surface area contributed by atoms with Crippen molar-refractivity contribution in [1.82, 2.24) is 5.32 Å². The van der Waals surface area contributed by atoms with Crippen LogP contribution < -0.4 is 5.32 Å². The molecule has 2 nitrogen and oxygen atoms in total. The maximum Gasteiger partial charge on any atom is 0.140 e. The van der Waals surface area contributed by atoms with Crippen molar-refractivity contribution in [3.63, 3.8) is 0 Å². The monoisotopic (exact) mass is 197 g/mol. The highest BCUT2D eigenvalue weighted by molar-refractivity contribution is 5.83. The molecule has 0 aromatic rings. The lowest BCUT2D eigenvalue weighted by atomic mass is 9.88. The smallest absolute Gasteiger partial charge is 0.140 e. The molecule has 1 N–H and O–H groups in total. The molecule has 1 aliphatic rings. The number of nitrogens with one attached hydrogen (secondary N) is 1. The molecule has 1 aliphatic carbocycles. The van der Waals surface area contributed by atoms with E-state index in [1.165, 1.54) is 25.7 Å². The fourth-order valence-electron chi connectivity index (χ4n) is 2.37. The zero-order valence-corrected chi connectivity index (χ0v) is 9.51. The highest BCUT2D eigenvalue weighted by Crippen LogP contribution is 2.25. The number of hydrogen-bond acceptors (Lipinski definition) is 2. The summed E-state index contributed by atoms with van der Waals surface area (Å²) in [6.45, 7) is 2.87. The Bertz CT molecular complexity index is 171. The normalized spacial score (nSPS) is 21.6. The van der Waals surface area contributed by atoms with Gasteiger partial charge in [-0.25, -0.2) is 0 Å². The number of hydrogen-bond donors (Lipinski definition) is 1. The molecule has 82 valence electrons. The van der Waals surface area contributed by atoms with Crippen LogP contribution in [0.1, 0.15) is 45.4 Å². The topological polar surface area (TPSA) is 29.1 Å². The summed E-state index contributed by atoms with van der Waals surface area (Å²) in [6, 6.07) is 0. The van der Waals surface area contributed by atoms with Crippen LogP contribution in [0, 0.1) is 11.8 Å². The van der Waals surface area contributed by atoms with Gasteiger partial charge in [0.2, 0.25) is 0 Å². The van der Waals surface area contributed by atoms with E-state index in [1.54, 1.807) is 0 Å². The minimum Gasteiger partial charge on any atom is -0.319 e. The van der Waals surface area contributed by atoms with Crippen LogP contribution in [0.2, 0.25) is 0 Å². The van der Waals surface area contributed by atoms with Gasteiger partial charge in [0.15, 0.2) is 0 Å². The Morgan fingerprint density at radius 3 is 2.36 bits per heavy atom. The second-order valence-corrected chi connectivity index (χ2v) is 4.55. The highest BCUT2D eigenvalue weighted by atomic mass is 16.1. The second-order valence-electron chi connectivity index (χ2n) is 4.55. The molecule has 0 bridgehead atoms. The molecule has 0 aromatic carbocycles. The largest absolute Gasteiger partial charge is 0.319 e. The van der Waals surface area contributed by atoms with Crippen molar-refractivity contribution in [3.8, 4) is 0 Å². The summed E-state index contributed by atoms with van der Waals surface area (Å²) in [5.74, 6) is 1.05. The van der Waals surface area contributed by atoms with Crippen molar-refractivity contribution in [3.05, 3.63) is 0 Å². The first kappa shape index (κ1) is 11.7. The summed E-state index contributed by atoms with van der Waals surface area (Å²) in [7, 11) is 1.91. The Balaban J connectivity index is 2.40. The third kappa shape index (κ3) is 3.41. The van der Waals surface area contributed by atoms with E-state index in [0.717, 1.165) is 19.4 Å². The van der Waals surface area contributed by atoms with Crippen LogP contribution in [0.25, 0.3) is 0 Å². The molecule has 14 heavy (non-hydrogen) atoms. The van der Waals surface area contributed by atoms with Crippen molar-refractivity contribution in [2.45, 2.75) is 45.4 Å². The van der Waals surface area contributed by atoms with Gasteiger partial charge in [-0.05, 0) is 19.9 Å². The molecule has 0 amide bonds. The molecule has 1 fully saturated rings. The highest BCUT2D eigenvalue weighted by Gasteiger charge is 2.23. The van der Waals surface area contributed by atoms with Crippen LogP contribution in [-0.4, -0.2) is 19.4 Å². The average molecular weight is 197 g/mol. The summed E-state index contributed by atoms with van der Waals surface area (Å²) in [5.41, 5.74) is 0. The molecule has 1 rings (SSSR count). The van der Waals surface area contributed by atoms with Crippen molar-refractivity contribution in [2.75, 3.05) is 13.6 Å². The first-order valence-corrected chi connectivity index (χ1v) is 5.94.